The van der Waals surface area contributed by atoms with Gasteiger partial charge in [-0.15, -0.1) is 0 Å². The van der Waals surface area contributed by atoms with E-state index in [1.165, 1.54) is 12.1 Å². The van der Waals surface area contributed by atoms with Gasteiger partial charge in [-0.3, -0.25) is 0 Å². The van der Waals surface area contributed by atoms with Gasteiger partial charge in [-0.25, -0.2) is 4.39 Å². The van der Waals surface area contributed by atoms with E-state index in [0.717, 1.165) is 22.4 Å². The summed E-state index contributed by atoms with van der Waals surface area (Å²) in [6.07, 6.45) is 0.431. The molecule has 0 saturated carbocycles. The molecule has 0 aliphatic heterocycles. The summed E-state index contributed by atoms with van der Waals surface area (Å²) < 4.78 is 18.1. The van der Waals surface area contributed by atoms with Crippen molar-refractivity contribution < 1.29 is 14.2 Å². The van der Waals surface area contributed by atoms with Crippen LogP contribution in [0.15, 0.2) is 42.5 Å². The molecule has 0 bridgehead atoms. The minimum atomic E-state index is -1.01. The van der Waals surface area contributed by atoms with Gasteiger partial charge in [-0.1, -0.05) is 18.2 Å². The average molecular weight is 274 g/mol. The first-order valence-corrected chi connectivity index (χ1v) is 6.54. The molecule has 106 valence electrons. The Bertz CT molecular complexity index is 588. The topological polar surface area (TPSA) is 29.5 Å². The highest BCUT2D eigenvalue weighted by atomic mass is 19.1. The van der Waals surface area contributed by atoms with Crippen LogP contribution in [0.3, 0.4) is 0 Å². The summed E-state index contributed by atoms with van der Waals surface area (Å²) in [6, 6.07) is 11.8. The van der Waals surface area contributed by atoms with Crippen LogP contribution in [0.25, 0.3) is 0 Å². The third kappa shape index (κ3) is 3.17. The summed E-state index contributed by atoms with van der Waals surface area (Å²) in [5.74, 6) is 0.498. The highest BCUT2D eigenvalue weighted by Crippen LogP contribution is 2.30. The van der Waals surface area contributed by atoms with Crippen LogP contribution in [0.2, 0.25) is 0 Å². The molecule has 2 aromatic rings. The Morgan fingerprint density at radius 2 is 1.80 bits per heavy atom. The highest BCUT2D eigenvalue weighted by Gasteiger charge is 2.25. The van der Waals surface area contributed by atoms with Gasteiger partial charge in [0.1, 0.15) is 11.6 Å². The third-order valence-corrected chi connectivity index (χ3v) is 3.48. The molecule has 2 nitrogen and oxygen atoms in total. The zero-order chi connectivity index (χ0) is 14.8. The summed E-state index contributed by atoms with van der Waals surface area (Å²) in [5.41, 5.74) is 1.71. The van der Waals surface area contributed by atoms with Crippen LogP contribution in [0.1, 0.15) is 23.6 Å². The number of hydrogen-bond acceptors (Lipinski definition) is 2. The fourth-order valence-electron chi connectivity index (χ4n) is 2.46. The van der Waals surface area contributed by atoms with Gasteiger partial charge in [0.05, 0.1) is 12.7 Å². The minimum absolute atomic E-state index is 0.269. The Morgan fingerprint density at radius 1 is 1.15 bits per heavy atom. The molecule has 0 aliphatic carbocycles. The first kappa shape index (κ1) is 14.5. The molecule has 0 radical (unpaired) electrons. The second-order valence-corrected chi connectivity index (χ2v) is 5.26. The van der Waals surface area contributed by atoms with Crippen molar-refractivity contribution >= 4 is 0 Å². The predicted molar refractivity (Wildman–Crippen MR) is 77.4 cm³/mol. The second-order valence-electron chi connectivity index (χ2n) is 5.26. The summed E-state index contributed by atoms with van der Waals surface area (Å²) in [7, 11) is 1.62. The zero-order valence-electron chi connectivity index (χ0n) is 12.0. The fourth-order valence-corrected chi connectivity index (χ4v) is 2.46. The Hall–Kier alpha value is -1.87. The van der Waals surface area contributed by atoms with Gasteiger partial charge in [0, 0.05) is 6.42 Å². The number of aliphatic hydroxyl groups is 1. The van der Waals surface area contributed by atoms with E-state index >= 15 is 0 Å². The number of rotatable bonds is 4. The normalized spacial score (nSPS) is 13.8. The molecule has 0 spiro atoms. The molecule has 0 saturated heterocycles. The van der Waals surface area contributed by atoms with Gasteiger partial charge < -0.3 is 9.84 Å². The summed E-state index contributed by atoms with van der Waals surface area (Å²) in [6.45, 7) is 3.71. The van der Waals surface area contributed by atoms with Crippen molar-refractivity contribution in [3.63, 3.8) is 0 Å². The zero-order valence-corrected chi connectivity index (χ0v) is 12.0. The van der Waals surface area contributed by atoms with E-state index in [1.807, 2.05) is 25.1 Å². The maximum atomic E-state index is 12.9. The smallest absolute Gasteiger partial charge is 0.123 e. The van der Waals surface area contributed by atoms with E-state index in [1.54, 1.807) is 26.2 Å². The van der Waals surface area contributed by atoms with Crippen molar-refractivity contribution in [1.29, 1.82) is 0 Å². The number of hydrogen-bond donors (Lipinski definition) is 1. The molecule has 2 aromatic carbocycles. The van der Waals surface area contributed by atoms with Crippen molar-refractivity contribution in [1.82, 2.24) is 0 Å². The molecular formula is C17H19FO2. The highest BCUT2D eigenvalue weighted by molar-refractivity contribution is 5.39. The van der Waals surface area contributed by atoms with Crippen LogP contribution >= 0.6 is 0 Å². The van der Waals surface area contributed by atoms with Crippen molar-refractivity contribution in [2.24, 2.45) is 0 Å². The predicted octanol–water partition coefficient (Wildman–Crippen LogP) is 3.59. The molecule has 0 fully saturated rings. The standard InChI is InChI=1S/C17H19FO2/c1-12-10-15(20-3)8-9-16(12)17(2,19)11-13-4-6-14(18)7-5-13/h4-10,19H,11H2,1-3H3. The van der Waals surface area contributed by atoms with Crippen LogP contribution in [-0.2, 0) is 12.0 Å². The number of halogens is 1. The van der Waals surface area contributed by atoms with Gasteiger partial charge in [0.25, 0.3) is 0 Å². The van der Waals surface area contributed by atoms with Crippen molar-refractivity contribution in [2.75, 3.05) is 7.11 Å². The molecule has 0 aromatic heterocycles. The average Bonchev–Trinajstić information content (AvgIpc) is 2.40. The second kappa shape index (κ2) is 5.63. The molecule has 0 heterocycles. The molecule has 3 heteroatoms. The molecule has 0 amide bonds. The lowest BCUT2D eigenvalue weighted by Gasteiger charge is -2.26. The maximum Gasteiger partial charge on any atom is 0.123 e. The quantitative estimate of drug-likeness (QED) is 0.923. The Labute approximate surface area is 118 Å². The number of ether oxygens (including phenoxy) is 1. The SMILES string of the molecule is COc1ccc(C(C)(O)Cc2ccc(F)cc2)c(C)c1. The summed E-state index contributed by atoms with van der Waals surface area (Å²) in [4.78, 5) is 0. The van der Waals surface area contributed by atoms with Gasteiger partial charge in [0.15, 0.2) is 0 Å². The van der Waals surface area contributed by atoms with Crippen LogP contribution in [-0.4, -0.2) is 12.2 Å². The van der Waals surface area contributed by atoms with Crippen LogP contribution in [0.4, 0.5) is 4.39 Å². The summed E-state index contributed by atoms with van der Waals surface area (Å²) in [5, 5.41) is 10.7. The number of methoxy groups -OCH3 is 1. The van der Waals surface area contributed by atoms with Crippen LogP contribution in [0.5, 0.6) is 5.75 Å². The largest absolute Gasteiger partial charge is 0.497 e. The molecule has 1 N–H and O–H groups in total. The van der Waals surface area contributed by atoms with E-state index in [0.29, 0.717) is 6.42 Å². The molecule has 1 atom stereocenters. The van der Waals surface area contributed by atoms with Crippen molar-refractivity contribution in [3.8, 4) is 5.75 Å². The Kier molecular flexibility index (Phi) is 4.09. The minimum Gasteiger partial charge on any atom is -0.497 e. The maximum absolute atomic E-state index is 12.9. The lowest BCUT2D eigenvalue weighted by Crippen LogP contribution is -2.25. The number of benzene rings is 2. The third-order valence-electron chi connectivity index (χ3n) is 3.48. The van der Waals surface area contributed by atoms with Gasteiger partial charge in [-0.05, 0) is 54.8 Å². The van der Waals surface area contributed by atoms with E-state index in [-0.39, 0.29) is 5.82 Å². The molecular weight excluding hydrogens is 255 g/mol. The Balaban J connectivity index is 2.27. The fraction of sp³-hybridized carbons (Fsp3) is 0.294. The molecule has 20 heavy (non-hydrogen) atoms. The van der Waals surface area contributed by atoms with Crippen molar-refractivity contribution in [2.45, 2.75) is 25.9 Å². The Morgan fingerprint density at radius 3 is 2.35 bits per heavy atom. The molecule has 0 aliphatic rings. The first-order chi connectivity index (χ1) is 9.42. The van der Waals surface area contributed by atoms with Crippen molar-refractivity contribution in [3.05, 3.63) is 65.0 Å². The van der Waals surface area contributed by atoms with Crippen LogP contribution < -0.4 is 4.74 Å². The number of aryl methyl sites for hydroxylation is 1. The van der Waals surface area contributed by atoms with E-state index in [2.05, 4.69) is 0 Å². The van der Waals surface area contributed by atoms with E-state index in [4.69, 9.17) is 4.74 Å². The van der Waals surface area contributed by atoms with E-state index < -0.39 is 5.60 Å². The lowest BCUT2D eigenvalue weighted by atomic mass is 9.86. The molecule has 1 unspecified atom stereocenters. The monoisotopic (exact) mass is 274 g/mol. The van der Waals surface area contributed by atoms with Gasteiger partial charge in [0.2, 0.25) is 0 Å². The van der Waals surface area contributed by atoms with Gasteiger partial charge >= 0.3 is 0 Å². The summed E-state index contributed by atoms with van der Waals surface area (Å²) >= 11 is 0. The molecule has 2 rings (SSSR count). The first-order valence-electron chi connectivity index (χ1n) is 6.54. The van der Waals surface area contributed by atoms with Gasteiger partial charge in [-0.2, -0.15) is 0 Å². The lowest BCUT2D eigenvalue weighted by molar-refractivity contribution is 0.0569. The van der Waals surface area contributed by atoms with Crippen LogP contribution in [0, 0.1) is 12.7 Å². The van der Waals surface area contributed by atoms with E-state index in [9.17, 15) is 9.50 Å².